The van der Waals surface area contributed by atoms with Crippen LogP contribution in [0.25, 0.3) is 0 Å². The molecular weight excluding hydrogens is 614 g/mol. The van der Waals surface area contributed by atoms with Crippen molar-refractivity contribution in [2.75, 3.05) is 41.4 Å². The Bertz CT molecular complexity index is 1150. The number of methoxy groups -OCH3 is 2. The number of hydrogen-bond donors (Lipinski definition) is 3. The van der Waals surface area contributed by atoms with Crippen molar-refractivity contribution in [3.05, 3.63) is 18.7 Å². The highest BCUT2D eigenvalue weighted by atomic mass is 16.5. The minimum absolute atomic E-state index is 0.00748. The molecule has 2 heterocycles. The number of carbonyl (C=O) groups excluding carboxylic acids is 4. The number of amides is 4. The third-order valence-corrected chi connectivity index (χ3v) is 9.98. The van der Waals surface area contributed by atoms with Crippen LogP contribution in [0.5, 0.6) is 0 Å². The van der Waals surface area contributed by atoms with Crippen LogP contribution in [0.4, 0.5) is 0 Å². The van der Waals surface area contributed by atoms with Crippen molar-refractivity contribution in [1.29, 1.82) is 0 Å². The van der Waals surface area contributed by atoms with Gasteiger partial charge in [-0.15, -0.1) is 0 Å². The molecule has 0 radical (unpaired) electrons. The first-order chi connectivity index (χ1) is 22.7. The van der Waals surface area contributed by atoms with Crippen LogP contribution in [-0.2, 0) is 35.2 Å². The van der Waals surface area contributed by atoms with Crippen LogP contribution >= 0.6 is 0 Å². The Balaban J connectivity index is 2.20. The number of imidazole rings is 1. The number of rotatable bonds is 20. The molecule has 8 atom stereocenters. The summed E-state index contributed by atoms with van der Waals surface area (Å²) < 4.78 is 13.8. The number of ether oxygens (including phenoxy) is 2. The molecule has 0 unspecified atom stereocenters. The van der Waals surface area contributed by atoms with Crippen LogP contribution in [0.2, 0.25) is 0 Å². The number of likely N-dealkylation sites (N-methyl/N-ethyl adjacent to an activating group) is 2. The molecule has 0 saturated carbocycles. The van der Waals surface area contributed by atoms with E-state index in [0.717, 1.165) is 19.3 Å². The van der Waals surface area contributed by atoms with E-state index in [9.17, 15) is 19.2 Å². The van der Waals surface area contributed by atoms with E-state index >= 15 is 0 Å². The summed E-state index contributed by atoms with van der Waals surface area (Å²) in [5, 5.41) is 9.02. The molecule has 0 aromatic carbocycles. The molecule has 13 heteroatoms. The van der Waals surface area contributed by atoms with Crippen LogP contribution in [0.1, 0.15) is 74.1 Å². The molecule has 1 aromatic rings. The Morgan fingerprint density at radius 1 is 1.00 bits per heavy atom. The lowest BCUT2D eigenvalue weighted by atomic mass is 9.89. The average molecular weight is 678 g/mol. The molecule has 4 amide bonds. The van der Waals surface area contributed by atoms with Gasteiger partial charge in [0.2, 0.25) is 23.6 Å². The largest absolute Gasteiger partial charge is 0.379 e. The molecule has 1 fully saturated rings. The summed E-state index contributed by atoms with van der Waals surface area (Å²) in [4.78, 5) is 61.9. The van der Waals surface area contributed by atoms with Crippen molar-refractivity contribution in [3.8, 4) is 0 Å². The van der Waals surface area contributed by atoms with Crippen LogP contribution in [-0.4, -0.2) is 121 Å². The fourth-order valence-corrected chi connectivity index (χ4v) is 6.94. The summed E-state index contributed by atoms with van der Waals surface area (Å²) in [5.41, 5.74) is 0. The number of likely N-dealkylation sites (tertiary alicyclic amines) is 1. The summed E-state index contributed by atoms with van der Waals surface area (Å²) in [5.74, 6) is -1.26. The molecule has 1 aliphatic rings. The topological polar surface area (TPSA) is 147 Å². The van der Waals surface area contributed by atoms with E-state index in [2.05, 4.69) is 27.9 Å². The highest BCUT2D eigenvalue weighted by Crippen LogP contribution is 2.29. The molecule has 1 aromatic heterocycles. The van der Waals surface area contributed by atoms with Crippen LogP contribution in [0.15, 0.2) is 18.7 Å². The van der Waals surface area contributed by atoms with Gasteiger partial charge < -0.3 is 39.8 Å². The Labute approximate surface area is 288 Å². The van der Waals surface area contributed by atoms with Crippen LogP contribution < -0.4 is 16.0 Å². The lowest BCUT2D eigenvalue weighted by molar-refractivity contribution is -0.147. The summed E-state index contributed by atoms with van der Waals surface area (Å²) in [6.45, 7) is 15.3. The first kappa shape index (κ1) is 41.1. The first-order valence-electron chi connectivity index (χ1n) is 17.6. The number of aromatic nitrogens is 2. The van der Waals surface area contributed by atoms with Gasteiger partial charge in [0, 0.05) is 53.3 Å². The van der Waals surface area contributed by atoms with Gasteiger partial charge in [-0.1, -0.05) is 54.9 Å². The summed E-state index contributed by atoms with van der Waals surface area (Å²) in [7, 11) is 6.63. The van der Waals surface area contributed by atoms with Gasteiger partial charge in [0.15, 0.2) is 0 Å². The second-order valence-electron chi connectivity index (χ2n) is 13.9. The Morgan fingerprint density at radius 3 is 2.19 bits per heavy atom. The Hall–Kier alpha value is -3.03. The van der Waals surface area contributed by atoms with E-state index < -0.39 is 36.3 Å². The molecule has 0 bridgehead atoms. The molecule has 1 aliphatic heterocycles. The molecule has 274 valence electrons. The second-order valence-corrected chi connectivity index (χ2v) is 13.9. The normalized spacial score (nSPS) is 19.4. The molecular formula is C35H63N7O6. The highest BCUT2D eigenvalue weighted by Gasteiger charge is 2.43. The van der Waals surface area contributed by atoms with Gasteiger partial charge >= 0.3 is 0 Å². The zero-order valence-corrected chi connectivity index (χ0v) is 31.2. The van der Waals surface area contributed by atoms with E-state index in [1.165, 1.54) is 0 Å². The molecule has 0 spiro atoms. The average Bonchev–Trinajstić information content (AvgIpc) is 3.76. The smallest absolute Gasteiger partial charge is 0.245 e. The van der Waals surface area contributed by atoms with E-state index in [0.29, 0.717) is 19.6 Å². The monoisotopic (exact) mass is 677 g/mol. The maximum absolute atomic E-state index is 14.1. The van der Waals surface area contributed by atoms with Gasteiger partial charge in [0.05, 0.1) is 49.0 Å². The Kier molecular flexibility index (Phi) is 17.0. The fraction of sp³-hybridized carbons (Fsp3) is 0.800. The SMILES string of the molecule is CC[C@H](C)[C@@H]([C@H](CC(=O)N1CCC[C@H]1[C@H](OC)[C@@H](C)C(=O)NCCn1ccnc1)OC)N(C)C(=O)[C@@H](NC(=O)[C@@H](NC)C(C)C)C(C)C. The van der Waals surface area contributed by atoms with Crippen molar-refractivity contribution in [1.82, 2.24) is 35.3 Å². The predicted molar refractivity (Wildman–Crippen MR) is 186 cm³/mol. The summed E-state index contributed by atoms with van der Waals surface area (Å²) in [6, 6.07) is -1.86. The van der Waals surface area contributed by atoms with Gasteiger partial charge in [0.1, 0.15) is 6.04 Å². The van der Waals surface area contributed by atoms with Crippen molar-refractivity contribution in [3.63, 3.8) is 0 Å². The number of carbonyl (C=O) groups is 4. The van der Waals surface area contributed by atoms with Crippen molar-refractivity contribution < 1.29 is 28.7 Å². The standard InChI is InChI=1S/C35H63N7O6/c1-12-24(6)31(40(9)35(46)30(23(4)5)39-34(45)29(36-8)22(2)3)27(47-10)20-28(43)42-17-13-14-26(42)32(48-11)25(7)33(44)38-16-19-41-18-15-37-21-41/h15,18,21-27,29-32,36H,12-14,16-17,19-20H2,1-11H3,(H,38,44)(H,39,45)/t24-,25+,26-,27-,29-,30-,31-,32+/m0/s1. The quantitative estimate of drug-likeness (QED) is 0.191. The third kappa shape index (κ3) is 10.7. The fourth-order valence-electron chi connectivity index (χ4n) is 6.94. The summed E-state index contributed by atoms with van der Waals surface area (Å²) in [6.07, 6.45) is 6.52. The van der Waals surface area contributed by atoms with Crippen molar-refractivity contribution >= 4 is 23.6 Å². The number of nitrogens with zero attached hydrogens (tertiary/aromatic N) is 4. The molecule has 13 nitrogen and oxygen atoms in total. The zero-order chi connectivity index (χ0) is 36.1. The zero-order valence-electron chi connectivity index (χ0n) is 31.2. The van der Waals surface area contributed by atoms with Gasteiger partial charge in [0.25, 0.3) is 0 Å². The minimum atomic E-state index is -0.741. The molecule has 2 rings (SSSR count). The van der Waals surface area contributed by atoms with Crippen molar-refractivity contribution in [2.45, 2.75) is 117 Å². The molecule has 0 aliphatic carbocycles. The molecule has 48 heavy (non-hydrogen) atoms. The maximum Gasteiger partial charge on any atom is 0.245 e. The van der Waals surface area contributed by atoms with Crippen LogP contribution in [0, 0.1) is 23.7 Å². The van der Waals surface area contributed by atoms with Gasteiger partial charge in [-0.25, -0.2) is 4.98 Å². The van der Waals surface area contributed by atoms with E-state index in [4.69, 9.17) is 9.47 Å². The van der Waals surface area contributed by atoms with Gasteiger partial charge in [-0.3, -0.25) is 19.2 Å². The second kappa shape index (κ2) is 19.8. The van der Waals surface area contributed by atoms with E-state index in [1.54, 1.807) is 45.7 Å². The van der Waals surface area contributed by atoms with Crippen LogP contribution in [0.3, 0.4) is 0 Å². The molecule has 1 saturated heterocycles. The Morgan fingerprint density at radius 2 is 1.67 bits per heavy atom. The lowest BCUT2D eigenvalue weighted by Crippen LogP contribution is -2.59. The van der Waals surface area contributed by atoms with Crippen molar-refractivity contribution in [2.24, 2.45) is 23.7 Å². The number of hydrogen-bond acceptors (Lipinski definition) is 8. The summed E-state index contributed by atoms with van der Waals surface area (Å²) >= 11 is 0. The highest BCUT2D eigenvalue weighted by molar-refractivity contribution is 5.90. The minimum Gasteiger partial charge on any atom is -0.379 e. The molecule has 3 N–H and O–H groups in total. The first-order valence-corrected chi connectivity index (χ1v) is 17.6. The van der Waals surface area contributed by atoms with E-state index in [-0.39, 0.29) is 53.8 Å². The number of nitrogens with one attached hydrogen (secondary N) is 3. The predicted octanol–water partition coefficient (Wildman–Crippen LogP) is 2.30. The maximum atomic E-state index is 14.1. The van der Waals surface area contributed by atoms with Gasteiger partial charge in [-0.05, 0) is 37.6 Å². The van der Waals surface area contributed by atoms with Gasteiger partial charge in [-0.2, -0.15) is 0 Å². The third-order valence-electron chi connectivity index (χ3n) is 9.98. The lowest BCUT2D eigenvalue weighted by Gasteiger charge is -2.41. The van der Waals surface area contributed by atoms with E-state index in [1.807, 2.05) is 57.2 Å².